The maximum atomic E-state index is 6.36. The minimum absolute atomic E-state index is 0.00220. The van der Waals surface area contributed by atoms with Crippen LogP contribution in [-0.2, 0) is 0 Å². The van der Waals surface area contributed by atoms with Crippen molar-refractivity contribution in [1.82, 2.24) is 15.1 Å². The van der Waals surface area contributed by atoms with Crippen LogP contribution in [0.25, 0.3) is 0 Å². The summed E-state index contributed by atoms with van der Waals surface area (Å²) < 4.78 is 3.04. The maximum Gasteiger partial charge on any atom is 0.0837 e. The van der Waals surface area contributed by atoms with Gasteiger partial charge in [0.2, 0.25) is 0 Å². The van der Waals surface area contributed by atoms with E-state index in [4.69, 9.17) is 11.6 Å². The first kappa shape index (κ1) is 15.5. The molecule has 2 aromatic rings. The average molecular weight is 357 g/mol. The van der Waals surface area contributed by atoms with Crippen molar-refractivity contribution in [3.63, 3.8) is 0 Å². The molecule has 0 saturated carbocycles. The van der Waals surface area contributed by atoms with E-state index in [2.05, 4.69) is 65.3 Å². The highest BCUT2D eigenvalue weighted by molar-refractivity contribution is 9.10. The van der Waals surface area contributed by atoms with Gasteiger partial charge in [0, 0.05) is 10.5 Å². The fourth-order valence-corrected chi connectivity index (χ4v) is 3.30. The molecule has 108 valence electrons. The zero-order valence-electron chi connectivity index (χ0n) is 12.1. The molecule has 0 radical (unpaired) electrons. The SMILES string of the molecule is CNC(c1ccc(C)cc1Br)c1c(Cl)cnn1C(C)C. The molecule has 0 aliphatic rings. The molecule has 1 aromatic carbocycles. The molecule has 0 bridgehead atoms. The maximum absolute atomic E-state index is 6.36. The summed E-state index contributed by atoms with van der Waals surface area (Å²) in [6.45, 7) is 6.28. The number of nitrogens with zero attached hydrogens (tertiary/aromatic N) is 2. The molecular weight excluding hydrogens is 338 g/mol. The Bertz CT molecular complexity index is 607. The van der Waals surface area contributed by atoms with Crippen molar-refractivity contribution < 1.29 is 0 Å². The molecule has 0 fully saturated rings. The molecule has 20 heavy (non-hydrogen) atoms. The highest BCUT2D eigenvalue weighted by atomic mass is 79.9. The highest BCUT2D eigenvalue weighted by Gasteiger charge is 2.23. The van der Waals surface area contributed by atoms with Gasteiger partial charge in [-0.05, 0) is 45.0 Å². The van der Waals surface area contributed by atoms with Crippen LogP contribution in [-0.4, -0.2) is 16.8 Å². The number of aryl methyl sites for hydroxylation is 1. The molecular formula is C15H19BrClN3. The van der Waals surface area contributed by atoms with Gasteiger partial charge in [-0.2, -0.15) is 5.10 Å². The Kier molecular flexibility index (Phi) is 4.89. The second-order valence-electron chi connectivity index (χ2n) is 5.16. The normalized spacial score (nSPS) is 12.9. The Morgan fingerprint density at radius 2 is 2.05 bits per heavy atom. The summed E-state index contributed by atoms with van der Waals surface area (Å²) in [4.78, 5) is 0. The van der Waals surface area contributed by atoms with Crippen LogP contribution >= 0.6 is 27.5 Å². The third-order valence-corrected chi connectivity index (χ3v) is 4.28. The van der Waals surface area contributed by atoms with E-state index in [0.29, 0.717) is 5.02 Å². The van der Waals surface area contributed by atoms with Gasteiger partial charge in [0.15, 0.2) is 0 Å². The lowest BCUT2D eigenvalue weighted by Gasteiger charge is -2.22. The van der Waals surface area contributed by atoms with E-state index in [1.807, 2.05) is 11.7 Å². The monoisotopic (exact) mass is 355 g/mol. The van der Waals surface area contributed by atoms with Crippen LogP contribution in [0.5, 0.6) is 0 Å². The van der Waals surface area contributed by atoms with E-state index in [0.717, 1.165) is 15.7 Å². The van der Waals surface area contributed by atoms with Gasteiger partial charge in [-0.1, -0.05) is 39.7 Å². The van der Waals surface area contributed by atoms with Gasteiger partial charge in [-0.3, -0.25) is 4.68 Å². The van der Waals surface area contributed by atoms with E-state index in [-0.39, 0.29) is 12.1 Å². The molecule has 1 atom stereocenters. The largest absolute Gasteiger partial charge is 0.308 e. The van der Waals surface area contributed by atoms with Gasteiger partial charge in [-0.25, -0.2) is 0 Å². The summed E-state index contributed by atoms with van der Waals surface area (Å²) >= 11 is 10.0. The average Bonchev–Trinajstić information content (AvgIpc) is 2.75. The molecule has 1 heterocycles. The standard InChI is InChI=1S/C15H19BrClN3/c1-9(2)20-15(13(17)8-19-20)14(18-4)11-6-5-10(3)7-12(11)16/h5-9,14,18H,1-4H3. The minimum Gasteiger partial charge on any atom is -0.308 e. The first-order valence-corrected chi connectivity index (χ1v) is 7.79. The summed E-state index contributed by atoms with van der Waals surface area (Å²) in [7, 11) is 1.94. The molecule has 1 N–H and O–H groups in total. The van der Waals surface area contributed by atoms with Crippen LogP contribution in [0, 0.1) is 6.92 Å². The van der Waals surface area contributed by atoms with E-state index >= 15 is 0 Å². The molecule has 3 nitrogen and oxygen atoms in total. The van der Waals surface area contributed by atoms with Crippen molar-refractivity contribution in [2.24, 2.45) is 0 Å². The summed E-state index contributed by atoms with van der Waals surface area (Å²) in [5.74, 6) is 0. The topological polar surface area (TPSA) is 29.9 Å². The fourth-order valence-electron chi connectivity index (χ4n) is 2.34. The minimum atomic E-state index is 0.00220. The molecule has 2 rings (SSSR count). The van der Waals surface area contributed by atoms with Crippen molar-refractivity contribution >= 4 is 27.5 Å². The molecule has 0 aliphatic carbocycles. The van der Waals surface area contributed by atoms with E-state index < -0.39 is 0 Å². The zero-order chi connectivity index (χ0) is 14.9. The first-order chi connectivity index (χ1) is 9.45. The van der Waals surface area contributed by atoms with Gasteiger partial charge < -0.3 is 5.32 Å². The number of hydrogen-bond acceptors (Lipinski definition) is 2. The van der Waals surface area contributed by atoms with Crippen molar-refractivity contribution in [3.05, 3.63) is 50.7 Å². The summed E-state index contributed by atoms with van der Waals surface area (Å²) in [5, 5.41) is 8.41. The predicted octanol–water partition coefficient (Wildman–Crippen LogP) is 4.50. The number of rotatable bonds is 4. The van der Waals surface area contributed by atoms with E-state index in [1.54, 1.807) is 6.20 Å². The fraction of sp³-hybridized carbons (Fsp3) is 0.400. The van der Waals surface area contributed by atoms with E-state index in [9.17, 15) is 0 Å². The lowest BCUT2D eigenvalue weighted by atomic mass is 10.0. The van der Waals surface area contributed by atoms with Gasteiger partial charge in [0.1, 0.15) is 0 Å². The Labute approximate surface area is 133 Å². The molecule has 0 aliphatic heterocycles. The first-order valence-electron chi connectivity index (χ1n) is 6.62. The Morgan fingerprint density at radius 1 is 1.35 bits per heavy atom. The molecule has 0 amide bonds. The van der Waals surface area contributed by atoms with Gasteiger partial charge in [0.05, 0.1) is 23.0 Å². The lowest BCUT2D eigenvalue weighted by molar-refractivity contribution is 0.484. The lowest BCUT2D eigenvalue weighted by Crippen LogP contribution is -2.23. The predicted molar refractivity (Wildman–Crippen MR) is 87.4 cm³/mol. The third-order valence-electron chi connectivity index (χ3n) is 3.31. The van der Waals surface area contributed by atoms with Crippen LogP contribution in [0.15, 0.2) is 28.9 Å². The molecule has 0 spiro atoms. The van der Waals surface area contributed by atoms with Crippen molar-refractivity contribution in [3.8, 4) is 0 Å². The quantitative estimate of drug-likeness (QED) is 0.874. The summed E-state index contributed by atoms with van der Waals surface area (Å²) in [6, 6.07) is 6.60. The van der Waals surface area contributed by atoms with Crippen molar-refractivity contribution in [1.29, 1.82) is 0 Å². The Morgan fingerprint density at radius 3 is 2.60 bits per heavy atom. The van der Waals surface area contributed by atoms with Gasteiger partial charge >= 0.3 is 0 Å². The van der Waals surface area contributed by atoms with Gasteiger partial charge in [-0.15, -0.1) is 0 Å². The molecule has 5 heteroatoms. The molecule has 1 aromatic heterocycles. The molecule has 1 unspecified atom stereocenters. The number of nitrogens with one attached hydrogen (secondary N) is 1. The number of aromatic nitrogens is 2. The number of benzene rings is 1. The van der Waals surface area contributed by atoms with Crippen LogP contribution in [0.1, 0.15) is 42.8 Å². The Hall–Kier alpha value is -0.840. The number of hydrogen-bond donors (Lipinski definition) is 1. The van der Waals surface area contributed by atoms with Crippen LogP contribution in [0.2, 0.25) is 5.02 Å². The molecule has 0 saturated heterocycles. The zero-order valence-corrected chi connectivity index (χ0v) is 14.5. The smallest absolute Gasteiger partial charge is 0.0837 e. The third kappa shape index (κ3) is 2.92. The van der Waals surface area contributed by atoms with Crippen molar-refractivity contribution in [2.45, 2.75) is 32.9 Å². The number of halogens is 2. The summed E-state index contributed by atoms with van der Waals surface area (Å²) in [6.07, 6.45) is 1.71. The van der Waals surface area contributed by atoms with Crippen LogP contribution in [0.4, 0.5) is 0 Å². The van der Waals surface area contributed by atoms with E-state index in [1.165, 1.54) is 5.56 Å². The summed E-state index contributed by atoms with van der Waals surface area (Å²) in [5.41, 5.74) is 3.37. The second kappa shape index (κ2) is 6.29. The Balaban J connectivity index is 2.55. The van der Waals surface area contributed by atoms with Crippen LogP contribution in [0.3, 0.4) is 0 Å². The van der Waals surface area contributed by atoms with Crippen molar-refractivity contribution in [2.75, 3.05) is 7.05 Å². The highest BCUT2D eigenvalue weighted by Crippen LogP contribution is 2.33. The second-order valence-corrected chi connectivity index (χ2v) is 6.42. The van der Waals surface area contributed by atoms with Crippen LogP contribution < -0.4 is 5.32 Å². The van der Waals surface area contributed by atoms with Gasteiger partial charge in [0.25, 0.3) is 0 Å².